The number of carbonyl (C=O) groups is 1. The zero-order chi connectivity index (χ0) is 14.0. The van der Waals surface area contributed by atoms with Crippen LogP contribution in [0.25, 0.3) is 0 Å². The summed E-state index contributed by atoms with van der Waals surface area (Å²) >= 11 is 1.25. The van der Waals surface area contributed by atoms with Crippen molar-refractivity contribution in [1.29, 1.82) is 0 Å². The van der Waals surface area contributed by atoms with Crippen molar-refractivity contribution in [1.82, 2.24) is 0 Å². The molecule has 2 unspecified atom stereocenters. The molecule has 4 nitrogen and oxygen atoms in total. The van der Waals surface area contributed by atoms with Gasteiger partial charge in [0.15, 0.2) is 11.6 Å². The fourth-order valence-electron chi connectivity index (χ4n) is 1.84. The predicted octanol–water partition coefficient (Wildman–Crippen LogP) is 1.66. The number of aliphatic imine (C=N–C) groups is 1. The molecule has 0 aromatic heterocycles. The lowest BCUT2D eigenvalue weighted by Crippen LogP contribution is -2.35. The number of thioether (sulfide) groups is 1. The Morgan fingerprint density at radius 3 is 2.95 bits per heavy atom. The smallest absolute Gasteiger partial charge is 0.236 e. The highest BCUT2D eigenvalue weighted by molar-refractivity contribution is 8.13. The minimum atomic E-state index is -1.12. The van der Waals surface area contributed by atoms with Gasteiger partial charge in [-0.05, 0) is 18.4 Å². The number of aliphatic hydroxyl groups excluding tert-OH is 1. The first-order chi connectivity index (χ1) is 9.04. The summed E-state index contributed by atoms with van der Waals surface area (Å²) in [5.74, 6) is -3.59. The summed E-state index contributed by atoms with van der Waals surface area (Å²) < 4.78 is 26.5. The Kier molecular flexibility index (Phi) is 4.16. The van der Waals surface area contributed by atoms with E-state index < -0.39 is 29.6 Å². The topological polar surface area (TPSA) is 61.7 Å². The second-order valence-electron chi connectivity index (χ2n) is 4.02. The minimum absolute atomic E-state index is 0.139. The van der Waals surface area contributed by atoms with E-state index in [-0.39, 0.29) is 12.2 Å². The van der Waals surface area contributed by atoms with Crippen LogP contribution in [0, 0.1) is 17.6 Å². The molecular formula is C12H12F2N2O2S. The van der Waals surface area contributed by atoms with Gasteiger partial charge in [-0.1, -0.05) is 6.07 Å². The van der Waals surface area contributed by atoms with E-state index in [0.29, 0.717) is 5.04 Å². The van der Waals surface area contributed by atoms with Crippen LogP contribution in [0.1, 0.15) is 0 Å². The Bertz CT molecular complexity index is 536. The number of anilines is 1. The zero-order valence-electron chi connectivity index (χ0n) is 10.1. The molecule has 1 aliphatic heterocycles. The van der Waals surface area contributed by atoms with E-state index in [1.165, 1.54) is 23.9 Å². The van der Waals surface area contributed by atoms with Crippen LogP contribution in [0.4, 0.5) is 14.5 Å². The third-order valence-electron chi connectivity index (χ3n) is 2.79. The van der Waals surface area contributed by atoms with Gasteiger partial charge in [-0.15, -0.1) is 11.8 Å². The Balaban J connectivity index is 2.17. The third-order valence-corrected chi connectivity index (χ3v) is 3.59. The maximum absolute atomic E-state index is 13.4. The molecule has 0 aliphatic carbocycles. The van der Waals surface area contributed by atoms with E-state index in [9.17, 15) is 18.7 Å². The quantitative estimate of drug-likeness (QED) is 0.869. The van der Waals surface area contributed by atoms with Crippen LogP contribution in [-0.4, -0.2) is 35.0 Å². The first-order valence-corrected chi connectivity index (χ1v) is 6.78. The average molecular weight is 286 g/mol. The fourth-order valence-corrected chi connectivity index (χ4v) is 2.56. The first kappa shape index (κ1) is 14.0. The van der Waals surface area contributed by atoms with E-state index in [1.807, 2.05) is 0 Å². The summed E-state index contributed by atoms with van der Waals surface area (Å²) in [6.07, 6.45) is 0.805. The summed E-state index contributed by atoms with van der Waals surface area (Å²) in [4.78, 5) is 16.0. The molecule has 2 rings (SSSR count). The van der Waals surface area contributed by atoms with Gasteiger partial charge in [-0.2, -0.15) is 0 Å². The fraction of sp³-hybridized carbons (Fsp3) is 0.333. The summed E-state index contributed by atoms with van der Waals surface area (Å²) in [6, 6.07) is 3.51. The van der Waals surface area contributed by atoms with Gasteiger partial charge in [-0.3, -0.25) is 9.79 Å². The number of benzene rings is 1. The molecule has 1 amide bonds. The van der Waals surface area contributed by atoms with Gasteiger partial charge in [0.25, 0.3) is 0 Å². The molecule has 0 saturated carbocycles. The highest BCUT2D eigenvalue weighted by Gasteiger charge is 2.36. The number of rotatable bonds is 2. The van der Waals surface area contributed by atoms with Gasteiger partial charge in [0, 0.05) is 0 Å². The molecule has 0 bridgehead atoms. The van der Waals surface area contributed by atoms with Crippen LogP contribution in [0.15, 0.2) is 23.2 Å². The van der Waals surface area contributed by atoms with Gasteiger partial charge >= 0.3 is 0 Å². The van der Waals surface area contributed by atoms with Crippen molar-refractivity contribution in [2.75, 3.05) is 18.1 Å². The second kappa shape index (κ2) is 5.66. The summed E-state index contributed by atoms with van der Waals surface area (Å²) in [7, 11) is 0. The molecule has 1 heterocycles. The van der Waals surface area contributed by atoms with Gasteiger partial charge in [0.05, 0.1) is 23.4 Å². The molecule has 2 atom stereocenters. The molecular weight excluding hydrogens is 274 g/mol. The van der Waals surface area contributed by atoms with Crippen LogP contribution in [0.3, 0.4) is 0 Å². The molecule has 19 heavy (non-hydrogen) atoms. The third kappa shape index (κ3) is 2.76. The predicted molar refractivity (Wildman–Crippen MR) is 70.3 cm³/mol. The van der Waals surface area contributed by atoms with Gasteiger partial charge in [0.1, 0.15) is 5.92 Å². The molecule has 0 radical (unpaired) electrons. The normalized spacial score (nSPS) is 22.2. The number of nitrogens with one attached hydrogen (secondary N) is 1. The highest BCUT2D eigenvalue weighted by atomic mass is 32.2. The molecule has 7 heteroatoms. The highest BCUT2D eigenvalue weighted by Crippen LogP contribution is 2.24. The molecule has 1 aliphatic rings. The summed E-state index contributed by atoms with van der Waals surface area (Å²) in [5.41, 5.74) is -0.246. The lowest BCUT2D eigenvalue weighted by molar-refractivity contribution is -0.120. The van der Waals surface area contributed by atoms with E-state index in [0.717, 1.165) is 6.07 Å². The number of aliphatic hydroxyl groups is 1. The molecule has 0 saturated heterocycles. The van der Waals surface area contributed by atoms with Crippen LogP contribution in [-0.2, 0) is 4.79 Å². The van der Waals surface area contributed by atoms with Gasteiger partial charge in [0.2, 0.25) is 5.91 Å². The van der Waals surface area contributed by atoms with Crippen molar-refractivity contribution in [2.24, 2.45) is 10.9 Å². The molecule has 1 aromatic carbocycles. The number of halogens is 2. The Labute approximate surface area is 112 Å². The molecule has 1 aromatic rings. The van der Waals surface area contributed by atoms with Crippen LogP contribution in [0.5, 0.6) is 0 Å². The van der Waals surface area contributed by atoms with Crippen LogP contribution < -0.4 is 5.32 Å². The minimum Gasteiger partial charge on any atom is -0.390 e. The van der Waals surface area contributed by atoms with Crippen LogP contribution >= 0.6 is 11.8 Å². The first-order valence-electron chi connectivity index (χ1n) is 5.56. The zero-order valence-corrected chi connectivity index (χ0v) is 10.9. The average Bonchev–Trinajstić information content (AvgIpc) is 2.76. The number of carbonyl (C=O) groups excluding carboxylic acids is 1. The van der Waals surface area contributed by atoms with Crippen molar-refractivity contribution >= 4 is 28.4 Å². The van der Waals surface area contributed by atoms with Crippen molar-refractivity contribution in [2.45, 2.75) is 6.10 Å². The van der Waals surface area contributed by atoms with E-state index in [1.54, 1.807) is 6.26 Å². The molecule has 2 N–H and O–H groups in total. The monoisotopic (exact) mass is 286 g/mol. The van der Waals surface area contributed by atoms with E-state index in [4.69, 9.17) is 0 Å². The van der Waals surface area contributed by atoms with Crippen molar-refractivity contribution < 1.29 is 18.7 Å². The Morgan fingerprint density at radius 1 is 1.53 bits per heavy atom. The lowest BCUT2D eigenvalue weighted by Gasteiger charge is -2.16. The summed E-state index contributed by atoms with van der Waals surface area (Å²) in [6.45, 7) is 0.139. The maximum atomic E-state index is 13.4. The van der Waals surface area contributed by atoms with Crippen LogP contribution in [0.2, 0.25) is 0 Å². The largest absolute Gasteiger partial charge is 0.390 e. The molecule has 0 fully saturated rings. The van der Waals surface area contributed by atoms with E-state index >= 15 is 0 Å². The number of amides is 1. The lowest BCUT2D eigenvalue weighted by atomic mass is 10.1. The van der Waals surface area contributed by atoms with Crippen molar-refractivity contribution in [3.8, 4) is 0 Å². The van der Waals surface area contributed by atoms with Gasteiger partial charge in [-0.25, -0.2) is 8.78 Å². The standard InChI is InChI=1S/C12H12F2N2O2S/c1-19-12-9(8(17)5-15-12)11(18)16-7-4-2-3-6(13)10(7)14/h2-4,8-9,17H,5H2,1H3,(H,16,18). The van der Waals surface area contributed by atoms with Gasteiger partial charge < -0.3 is 10.4 Å². The SMILES string of the molecule is CSC1=NCC(O)C1C(=O)Nc1cccc(F)c1F. The maximum Gasteiger partial charge on any atom is 0.236 e. The Hall–Kier alpha value is -1.47. The molecule has 102 valence electrons. The number of hydrogen-bond donors (Lipinski definition) is 2. The second-order valence-corrected chi connectivity index (χ2v) is 4.85. The van der Waals surface area contributed by atoms with E-state index in [2.05, 4.69) is 10.3 Å². The summed E-state index contributed by atoms with van der Waals surface area (Å²) in [5, 5.41) is 12.5. The number of hydrogen-bond acceptors (Lipinski definition) is 4. The number of nitrogens with zero attached hydrogens (tertiary/aromatic N) is 1. The van der Waals surface area contributed by atoms with Crippen molar-refractivity contribution in [3.05, 3.63) is 29.8 Å². The van der Waals surface area contributed by atoms with Crippen molar-refractivity contribution in [3.63, 3.8) is 0 Å². The molecule has 0 spiro atoms. The Morgan fingerprint density at radius 2 is 2.26 bits per heavy atom.